The number of aryl methyl sites for hydroxylation is 1. The lowest BCUT2D eigenvalue weighted by Gasteiger charge is -2.39. The van der Waals surface area contributed by atoms with Gasteiger partial charge in [-0.15, -0.1) is 0 Å². The maximum Gasteiger partial charge on any atom is 0.392 e. The molecule has 2 bridgehead atoms. The fourth-order valence-corrected chi connectivity index (χ4v) is 6.99. The third-order valence-electron chi connectivity index (χ3n) is 8.92. The van der Waals surface area contributed by atoms with Crippen LogP contribution in [0.3, 0.4) is 0 Å². The summed E-state index contributed by atoms with van der Waals surface area (Å²) in [7, 11) is 0. The molecule has 4 atom stereocenters. The van der Waals surface area contributed by atoms with E-state index in [1.165, 1.54) is 12.8 Å². The topological polar surface area (TPSA) is 65.7 Å². The van der Waals surface area contributed by atoms with Crippen LogP contribution in [0.1, 0.15) is 92.7 Å². The first-order chi connectivity index (χ1) is 17.2. The van der Waals surface area contributed by atoms with E-state index in [0.29, 0.717) is 30.4 Å². The molecule has 6 nitrogen and oxygen atoms in total. The van der Waals surface area contributed by atoms with Crippen molar-refractivity contribution >= 4 is 11.0 Å². The smallest absolute Gasteiger partial charge is 0.370 e. The van der Waals surface area contributed by atoms with E-state index < -0.39 is 17.5 Å². The van der Waals surface area contributed by atoms with Gasteiger partial charge < -0.3 is 4.74 Å². The molecule has 5 fully saturated rings. The molecule has 0 aromatic carbocycles. The summed E-state index contributed by atoms with van der Waals surface area (Å²) in [5.74, 6) is -0.800. The Bertz CT molecular complexity index is 1330. The van der Waals surface area contributed by atoms with Crippen molar-refractivity contribution in [3.63, 3.8) is 0 Å². The van der Waals surface area contributed by atoms with Crippen LogP contribution in [0.5, 0.6) is 0 Å². The van der Waals surface area contributed by atoms with Gasteiger partial charge in [0.25, 0.3) is 0 Å². The van der Waals surface area contributed by atoms with Gasteiger partial charge in [-0.05, 0) is 76.8 Å². The minimum absolute atomic E-state index is 0.0126. The summed E-state index contributed by atoms with van der Waals surface area (Å²) in [5, 5.41) is 5.34. The predicted molar refractivity (Wildman–Crippen MR) is 126 cm³/mol. The van der Waals surface area contributed by atoms with E-state index >= 15 is 0 Å². The van der Waals surface area contributed by atoms with Crippen molar-refractivity contribution in [2.75, 3.05) is 0 Å². The van der Waals surface area contributed by atoms with Gasteiger partial charge in [0, 0.05) is 34.2 Å². The minimum atomic E-state index is -4.16. The summed E-state index contributed by atoms with van der Waals surface area (Å²) >= 11 is 0. The van der Waals surface area contributed by atoms with Gasteiger partial charge in [0.05, 0.1) is 36.1 Å². The van der Waals surface area contributed by atoms with E-state index in [0.717, 1.165) is 35.2 Å². The monoisotopic (exact) mass is 497 g/mol. The highest BCUT2D eigenvalue weighted by atomic mass is 19.4. The number of alkyl halides is 3. The lowest BCUT2D eigenvalue weighted by molar-refractivity contribution is -0.180. The number of halogens is 3. The molecular weight excluding hydrogens is 467 g/mol. The molecule has 1 aliphatic heterocycles. The van der Waals surface area contributed by atoms with Gasteiger partial charge in [0.1, 0.15) is 5.82 Å². The Morgan fingerprint density at radius 2 is 1.86 bits per heavy atom. The largest absolute Gasteiger partial charge is 0.392 e. The van der Waals surface area contributed by atoms with Crippen molar-refractivity contribution in [1.29, 1.82) is 0 Å². The summed E-state index contributed by atoms with van der Waals surface area (Å²) in [6, 6.07) is 4.36. The molecule has 5 aliphatic rings. The Balaban J connectivity index is 1.25. The SMILES string of the molecule is Cc1ccc2c(C34CC(C3)C(C(F)(F)F)C4)nc([C@@H]3C[C@@H](C)O[C@@H](c4cnn(C5CC5)c4)C3)nc2n1. The third kappa shape index (κ3) is 3.64. The van der Waals surface area contributed by atoms with Gasteiger partial charge in [0.15, 0.2) is 5.65 Å². The maximum atomic E-state index is 13.7. The number of ether oxygens (including phenoxy) is 1. The molecule has 4 aliphatic carbocycles. The van der Waals surface area contributed by atoms with Crippen LogP contribution >= 0.6 is 0 Å². The highest BCUT2D eigenvalue weighted by Gasteiger charge is 2.65. The van der Waals surface area contributed by atoms with E-state index in [1.807, 2.05) is 29.9 Å². The number of hydrogen-bond donors (Lipinski definition) is 0. The Kier molecular flexibility index (Phi) is 4.86. The van der Waals surface area contributed by atoms with Crippen molar-refractivity contribution in [2.24, 2.45) is 11.8 Å². The summed E-state index contributed by atoms with van der Waals surface area (Å²) in [6.07, 6.45) is 4.79. The number of aromatic nitrogens is 5. The molecule has 36 heavy (non-hydrogen) atoms. The van der Waals surface area contributed by atoms with Gasteiger partial charge in [-0.2, -0.15) is 18.3 Å². The van der Waals surface area contributed by atoms with Crippen LogP contribution in [0.15, 0.2) is 24.5 Å². The summed E-state index contributed by atoms with van der Waals surface area (Å²) in [5.41, 5.74) is 2.75. The molecule has 9 heteroatoms. The Labute approximate surface area is 207 Å². The zero-order valence-corrected chi connectivity index (χ0v) is 20.5. The number of nitrogens with zero attached hydrogens (tertiary/aromatic N) is 5. The summed E-state index contributed by atoms with van der Waals surface area (Å²) in [6.45, 7) is 3.98. The molecule has 1 unspecified atom stereocenters. The van der Waals surface area contributed by atoms with E-state index in [1.54, 1.807) is 0 Å². The van der Waals surface area contributed by atoms with Crippen LogP contribution in [-0.2, 0) is 10.2 Å². The van der Waals surface area contributed by atoms with Crippen molar-refractivity contribution in [2.45, 2.75) is 94.6 Å². The summed E-state index contributed by atoms with van der Waals surface area (Å²) < 4.78 is 49.4. The normalized spacial score (nSPS) is 34.2. The fraction of sp³-hybridized carbons (Fsp3) is 0.630. The van der Waals surface area contributed by atoms with Crippen LogP contribution in [-0.4, -0.2) is 37.0 Å². The fourth-order valence-electron chi connectivity index (χ4n) is 6.99. The van der Waals surface area contributed by atoms with Gasteiger partial charge in [-0.1, -0.05) is 0 Å². The van der Waals surface area contributed by atoms with Crippen molar-refractivity contribution < 1.29 is 17.9 Å². The van der Waals surface area contributed by atoms with Crippen LogP contribution in [0.2, 0.25) is 0 Å². The van der Waals surface area contributed by atoms with E-state index in [2.05, 4.69) is 23.2 Å². The van der Waals surface area contributed by atoms with E-state index in [9.17, 15) is 13.2 Å². The van der Waals surface area contributed by atoms with Gasteiger partial charge in [-0.3, -0.25) is 4.68 Å². The third-order valence-corrected chi connectivity index (χ3v) is 8.92. The average molecular weight is 498 g/mol. The Hall–Kier alpha value is -2.55. The highest BCUT2D eigenvalue weighted by Crippen LogP contribution is 2.66. The number of fused-ring (bicyclic) bond motifs is 2. The molecular formula is C27H30F3N5O. The Morgan fingerprint density at radius 1 is 1.06 bits per heavy atom. The van der Waals surface area contributed by atoms with Crippen LogP contribution in [0.4, 0.5) is 13.2 Å². The van der Waals surface area contributed by atoms with Crippen molar-refractivity contribution in [1.82, 2.24) is 24.7 Å². The second kappa shape index (κ2) is 7.73. The average Bonchev–Trinajstić information content (AvgIpc) is 3.24. The summed E-state index contributed by atoms with van der Waals surface area (Å²) in [4.78, 5) is 14.7. The van der Waals surface area contributed by atoms with Crippen molar-refractivity contribution in [3.8, 4) is 0 Å². The second-order valence-corrected chi connectivity index (χ2v) is 11.6. The van der Waals surface area contributed by atoms with Gasteiger partial charge >= 0.3 is 6.18 Å². The molecule has 4 saturated carbocycles. The molecule has 3 aromatic heterocycles. The zero-order valence-electron chi connectivity index (χ0n) is 20.5. The van der Waals surface area contributed by atoms with E-state index in [-0.39, 0.29) is 30.5 Å². The molecule has 4 heterocycles. The van der Waals surface area contributed by atoms with Gasteiger partial charge in [-0.25, -0.2) is 15.0 Å². The molecule has 3 aromatic rings. The lowest BCUT2D eigenvalue weighted by Crippen LogP contribution is -2.35. The lowest BCUT2D eigenvalue weighted by atomic mass is 9.66. The van der Waals surface area contributed by atoms with Gasteiger partial charge in [0.2, 0.25) is 0 Å². The maximum absolute atomic E-state index is 13.7. The van der Waals surface area contributed by atoms with Crippen LogP contribution in [0.25, 0.3) is 11.0 Å². The molecule has 0 N–H and O–H groups in total. The quantitative estimate of drug-likeness (QED) is 0.435. The molecule has 0 spiro atoms. The molecule has 8 rings (SSSR count). The van der Waals surface area contributed by atoms with Crippen molar-refractivity contribution in [3.05, 3.63) is 47.3 Å². The van der Waals surface area contributed by atoms with Crippen LogP contribution < -0.4 is 0 Å². The second-order valence-electron chi connectivity index (χ2n) is 11.6. The first kappa shape index (κ1) is 22.6. The number of pyridine rings is 1. The minimum Gasteiger partial charge on any atom is -0.370 e. The molecule has 190 valence electrons. The molecule has 1 saturated heterocycles. The van der Waals surface area contributed by atoms with Crippen LogP contribution in [0, 0.1) is 18.8 Å². The first-order valence-corrected chi connectivity index (χ1v) is 13.1. The predicted octanol–water partition coefficient (Wildman–Crippen LogP) is 6.12. The number of hydrogen-bond acceptors (Lipinski definition) is 5. The Morgan fingerprint density at radius 3 is 2.58 bits per heavy atom. The number of rotatable bonds is 4. The zero-order chi connectivity index (χ0) is 24.8. The molecule has 0 radical (unpaired) electrons. The first-order valence-electron chi connectivity index (χ1n) is 13.1. The molecule has 0 amide bonds. The standard InChI is InChI=1S/C27H30F3N5O/c1-14-3-6-20-23(26-9-17(10-26)21(11-26)27(28,29)30)33-24(34-25(20)32-14)16-7-15(2)36-22(8-16)18-12-31-35(13-18)19-4-5-19/h3,6,12-13,15-17,19,21-22H,4-5,7-11H2,1-2H3/t15-,16-,17?,21?,22-,26?/m1/s1. The highest BCUT2D eigenvalue weighted by molar-refractivity contribution is 5.79. The van der Waals surface area contributed by atoms with E-state index in [4.69, 9.17) is 14.7 Å².